The Morgan fingerprint density at radius 3 is 2.44 bits per heavy atom. The maximum atomic E-state index is 3.82. The van der Waals surface area contributed by atoms with Gasteiger partial charge in [0, 0.05) is 4.83 Å². The third-order valence-corrected chi connectivity index (χ3v) is 4.73. The van der Waals surface area contributed by atoms with Gasteiger partial charge in [-0.15, -0.1) is 0 Å². The van der Waals surface area contributed by atoms with Gasteiger partial charge in [0.1, 0.15) is 0 Å². The fraction of sp³-hybridized carbons (Fsp3) is 0.294. The summed E-state index contributed by atoms with van der Waals surface area (Å²) in [4.78, 5) is 0.492. The Hall–Kier alpha value is -1.08. The molecule has 3 rings (SSSR count). The van der Waals surface area contributed by atoms with Crippen molar-refractivity contribution in [2.24, 2.45) is 0 Å². The normalized spacial score (nSPS) is 20.7. The minimum absolute atomic E-state index is 0.290. The van der Waals surface area contributed by atoms with Crippen LogP contribution in [0.1, 0.15) is 36.2 Å². The molecular formula is C17H17Br. The van der Waals surface area contributed by atoms with Crippen molar-refractivity contribution in [1.29, 1.82) is 0 Å². The van der Waals surface area contributed by atoms with Crippen LogP contribution in [-0.2, 0) is 5.41 Å². The summed E-state index contributed by atoms with van der Waals surface area (Å²) in [6.45, 7) is 4.66. The fourth-order valence-corrected chi connectivity index (χ4v) is 4.10. The molecular weight excluding hydrogens is 284 g/mol. The zero-order valence-electron chi connectivity index (χ0n) is 10.8. The molecule has 2 aromatic rings. The number of fused-ring (bicyclic) bond motifs is 1. The molecule has 0 heterocycles. The Balaban J connectivity index is 2.11. The first kappa shape index (κ1) is 12.0. The summed E-state index contributed by atoms with van der Waals surface area (Å²) in [5.74, 6) is 0. The van der Waals surface area contributed by atoms with Crippen LogP contribution in [0.5, 0.6) is 0 Å². The number of rotatable bonds is 1. The van der Waals surface area contributed by atoms with Gasteiger partial charge < -0.3 is 0 Å². The fourth-order valence-electron chi connectivity index (χ4n) is 2.92. The van der Waals surface area contributed by atoms with E-state index in [1.54, 1.807) is 0 Å². The maximum Gasteiger partial charge on any atom is 0.0406 e. The summed E-state index contributed by atoms with van der Waals surface area (Å²) < 4.78 is 0. The van der Waals surface area contributed by atoms with Gasteiger partial charge in [0.2, 0.25) is 0 Å². The molecule has 18 heavy (non-hydrogen) atoms. The van der Waals surface area contributed by atoms with E-state index < -0.39 is 0 Å². The van der Waals surface area contributed by atoms with E-state index in [1.165, 1.54) is 28.7 Å². The van der Waals surface area contributed by atoms with Crippen LogP contribution < -0.4 is 0 Å². The largest absolute Gasteiger partial charge is 0.0838 e. The Kier molecular flexibility index (Phi) is 2.82. The molecule has 1 heteroatoms. The molecule has 0 nitrogen and oxygen atoms in total. The lowest BCUT2D eigenvalue weighted by Crippen LogP contribution is -2.11. The highest BCUT2D eigenvalue weighted by atomic mass is 79.9. The van der Waals surface area contributed by atoms with Gasteiger partial charge in [0.15, 0.2) is 0 Å². The second kappa shape index (κ2) is 4.24. The van der Waals surface area contributed by atoms with E-state index >= 15 is 0 Å². The molecule has 0 saturated heterocycles. The lowest BCUT2D eigenvalue weighted by Gasteiger charge is -2.18. The SMILES string of the molecule is CC1(C)CC(Br)c2cc(-c3ccccc3)ccc21. The number of halogens is 1. The molecule has 1 atom stereocenters. The standard InChI is InChI=1S/C17H17Br/c1-17(2)11-16(18)14-10-13(8-9-15(14)17)12-6-4-3-5-7-12/h3-10,16H,11H2,1-2H3. The molecule has 0 bridgehead atoms. The second-order valence-corrected chi connectivity index (χ2v) is 6.83. The van der Waals surface area contributed by atoms with Crippen LogP contribution in [-0.4, -0.2) is 0 Å². The van der Waals surface area contributed by atoms with Gasteiger partial charge >= 0.3 is 0 Å². The molecule has 0 N–H and O–H groups in total. The molecule has 92 valence electrons. The minimum atomic E-state index is 0.290. The summed E-state index contributed by atoms with van der Waals surface area (Å²) in [5.41, 5.74) is 5.85. The average molecular weight is 301 g/mol. The summed E-state index contributed by atoms with van der Waals surface area (Å²) in [6.07, 6.45) is 1.18. The molecule has 0 fully saturated rings. The van der Waals surface area contributed by atoms with Gasteiger partial charge in [-0.2, -0.15) is 0 Å². The molecule has 0 saturated carbocycles. The predicted octanol–water partition coefficient (Wildman–Crippen LogP) is 5.47. The molecule has 0 aliphatic heterocycles. The summed E-state index contributed by atoms with van der Waals surface area (Å²) in [6, 6.07) is 17.5. The molecule has 1 unspecified atom stereocenters. The van der Waals surface area contributed by atoms with Gasteiger partial charge in [-0.3, -0.25) is 0 Å². The number of hydrogen-bond acceptors (Lipinski definition) is 0. The Labute approximate surface area is 117 Å². The number of alkyl halides is 1. The quantitative estimate of drug-likeness (QED) is 0.613. The third kappa shape index (κ3) is 1.91. The molecule has 2 aromatic carbocycles. The van der Waals surface area contributed by atoms with E-state index in [9.17, 15) is 0 Å². The van der Waals surface area contributed by atoms with Crippen LogP contribution >= 0.6 is 15.9 Å². The van der Waals surface area contributed by atoms with Crippen molar-refractivity contribution in [1.82, 2.24) is 0 Å². The van der Waals surface area contributed by atoms with Gasteiger partial charge in [0.05, 0.1) is 0 Å². The Bertz CT molecular complexity index is 569. The maximum absolute atomic E-state index is 3.82. The van der Waals surface area contributed by atoms with Gasteiger partial charge in [-0.05, 0) is 40.2 Å². The van der Waals surface area contributed by atoms with E-state index in [4.69, 9.17) is 0 Å². The third-order valence-electron chi connectivity index (χ3n) is 3.91. The van der Waals surface area contributed by atoms with Crippen LogP contribution in [0.4, 0.5) is 0 Å². The van der Waals surface area contributed by atoms with E-state index in [-0.39, 0.29) is 0 Å². The van der Waals surface area contributed by atoms with E-state index in [2.05, 4.69) is 78.3 Å². The number of hydrogen-bond donors (Lipinski definition) is 0. The van der Waals surface area contributed by atoms with Crippen molar-refractivity contribution >= 4 is 15.9 Å². The first-order valence-corrected chi connectivity index (χ1v) is 7.33. The van der Waals surface area contributed by atoms with Crippen LogP contribution in [0.25, 0.3) is 11.1 Å². The van der Waals surface area contributed by atoms with Crippen molar-refractivity contribution in [3.05, 3.63) is 59.7 Å². The summed E-state index contributed by atoms with van der Waals surface area (Å²) >= 11 is 3.82. The molecule has 0 spiro atoms. The lowest BCUT2D eigenvalue weighted by molar-refractivity contribution is 0.521. The molecule has 1 aliphatic carbocycles. The molecule has 0 aromatic heterocycles. The highest BCUT2D eigenvalue weighted by molar-refractivity contribution is 9.09. The smallest absolute Gasteiger partial charge is 0.0406 e. The predicted molar refractivity (Wildman–Crippen MR) is 81.2 cm³/mol. The Morgan fingerprint density at radius 2 is 1.72 bits per heavy atom. The summed E-state index contributed by atoms with van der Waals surface area (Å²) in [5, 5.41) is 0. The van der Waals surface area contributed by atoms with E-state index in [1.807, 2.05) is 0 Å². The Morgan fingerprint density at radius 1 is 1.00 bits per heavy atom. The lowest BCUT2D eigenvalue weighted by atomic mass is 9.86. The second-order valence-electron chi connectivity index (χ2n) is 5.72. The van der Waals surface area contributed by atoms with Gasteiger partial charge in [-0.1, -0.05) is 72.2 Å². The van der Waals surface area contributed by atoms with Crippen LogP contribution in [0.2, 0.25) is 0 Å². The zero-order chi connectivity index (χ0) is 12.8. The first-order chi connectivity index (χ1) is 8.58. The topological polar surface area (TPSA) is 0 Å². The van der Waals surface area contributed by atoms with Gasteiger partial charge in [-0.25, -0.2) is 0 Å². The zero-order valence-corrected chi connectivity index (χ0v) is 12.4. The minimum Gasteiger partial charge on any atom is -0.0838 e. The average Bonchev–Trinajstić information content (AvgIpc) is 2.61. The molecule has 1 aliphatic rings. The van der Waals surface area contributed by atoms with Crippen LogP contribution in [0.15, 0.2) is 48.5 Å². The highest BCUT2D eigenvalue weighted by Gasteiger charge is 2.35. The summed E-state index contributed by atoms with van der Waals surface area (Å²) in [7, 11) is 0. The van der Waals surface area contributed by atoms with Gasteiger partial charge in [0.25, 0.3) is 0 Å². The molecule has 0 amide bonds. The van der Waals surface area contributed by atoms with Crippen molar-refractivity contribution < 1.29 is 0 Å². The van der Waals surface area contributed by atoms with E-state index in [0.29, 0.717) is 10.2 Å². The number of benzene rings is 2. The van der Waals surface area contributed by atoms with E-state index in [0.717, 1.165) is 0 Å². The van der Waals surface area contributed by atoms with Crippen molar-refractivity contribution in [3.8, 4) is 11.1 Å². The highest BCUT2D eigenvalue weighted by Crippen LogP contribution is 2.49. The monoisotopic (exact) mass is 300 g/mol. The van der Waals surface area contributed by atoms with Crippen molar-refractivity contribution in [2.75, 3.05) is 0 Å². The van der Waals surface area contributed by atoms with Crippen molar-refractivity contribution in [3.63, 3.8) is 0 Å². The molecule has 0 radical (unpaired) electrons. The first-order valence-electron chi connectivity index (χ1n) is 6.42. The van der Waals surface area contributed by atoms with Crippen molar-refractivity contribution in [2.45, 2.75) is 30.5 Å². The van der Waals surface area contributed by atoms with Crippen LogP contribution in [0.3, 0.4) is 0 Å². The van der Waals surface area contributed by atoms with Crippen LogP contribution in [0, 0.1) is 0 Å².